The maximum atomic E-state index is 12.2. The van der Waals surface area contributed by atoms with Gasteiger partial charge in [-0.05, 0) is 48.6 Å². The van der Waals surface area contributed by atoms with Crippen LogP contribution in [0, 0.1) is 10.1 Å². The molecule has 152 valence electrons. The average Bonchev–Trinajstić information content (AvgIpc) is 2.68. The molecule has 0 saturated carbocycles. The molecule has 0 aliphatic heterocycles. The maximum absolute atomic E-state index is 12.2. The third kappa shape index (κ3) is 5.83. The number of ether oxygens (including phenoxy) is 1. The van der Waals surface area contributed by atoms with E-state index in [-0.39, 0.29) is 32.7 Å². The molecule has 0 saturated heterocycles. The Bertz CT molecular complexity index is 1090. The van der Waals surface area contributed by atoms with E-state index in [9.17, 15) is 14.9 Å². The number of nitro benzene ring substituents is 1. The molecule has 1 amide bonds. The van der Waals surface area contributed by atoms with Crippen LogP contribution in [-0.4, -0.2) is 25.9 Å². The molecule has 2 N–H and O–H groups in total. The smallest absolute Gasteiger partial charge is 0.324 e. The number of nitrogens with one attached hydrogen (secondary N) is 2. The number of amides is 1. The van der Waals surface area contributed by atoms with Crippen molar-refractivity contribution in [2.75, 3.05) is 5.32 Å². The van der Waals surface area contributed by atoms with E-state index in [1.165, 1.54) is 30.3 Å². The van der Waals surface area contributed by atoms with E-state index in [0.717, 1.165) is 0 Å². The van der Waals surface area contributed by atoms with Gasteiger partial charge in [-0.3, -0.25) is 20.2 Å². The summed E-state index contributed by atoms with van der Waals surface area (Å²) in [7, 11) is 0. The summed E-state index contributed by atoms with van der Waals surface area (Å²) < 4.78 is 5.48. The minimum Gasteiger partial charge on any atom is -0.424 e. The van der Waals surface area contributed by atoms with Crippen molar-refractivity contribution in [1.82, 2.24) is 15.3 Å². The molecule has 3 rings (SSSR count). The Kier molecular flexibility index (Phi) is 6.72. The summed E-state index contributed by atoms with van der Waals surface area (Å²) in [6.45, 7) is 0. The van der Waals surface area contributed by atoms with Gasteiger partial charge >= 0.3 is 6.01 Å². The summed E-state index contributed by atoms with van der Waals surface area (Å²) in [5.74, 6) is -0.0722. The Labute approximate surface area is 185 Å². The lowest BCUT2D eigenvalue weighted by Crippen LogP contribution is -2.34. The molecule has 1 aromatic heterocycles. The topological polar surface area (TPSA) is 119 Å². The van der Waals surface area contributed by atoms with Crippen molar-refractivity contribution >= 4 is 57.8 Å². The number of benzene rings is 2. The van der Waals surface area contributed by atoms with E-state index in [1.54, 1.807) is 24.3 Å². The second-order valence-electron chi connectivity index (χ2n) is 5.63. The van der Waals surface area contributed by atoms with Crippen LogP contribution in [0.15, 0.2) is 54.6 Å². The predicted octanol–water partition coefficient (Wildman–Crippen LogP) is 4.61. The van der Waals surface area contributed by atoms with Crippen molar-refractivity contribution in [3.05, 3.63) is 80.6 Å². The second kappa shape index (κ2) is 9.44. The van der Waals surface area contributed by atoms with Crippen molar-refractivity contribution in [2.24, 2.45) is 0 Å². The zero-order valence-corrected chi connectivity index (χ0v) is 17.2. The van der Waals surface area contributed by atoms with Gasteiger partial charge in [0.15, 0.2) is 5.11 Å². The number of thiocarbonyl (C=S) groups is 1. The number of rotatable bonds is 5. The molecule has 0 spiro atoms. The number of halogens is 2. The number of carbonyl (C=O) groups is 1. The minimum absolute atomic E-state index is 0.000841. The fraction of sp³-hybridized carbons (Fsp3) is 0. The molecule has 0 unspecified atom stereocenters. The van der Waals surface area contributed by atoms with E-state index >= 15 is 0 Å². The van der Waals surface area contributed by atoms with Crippen LogP contribution in [0.5, 0.6) is 11.8 Å². The molecule has 9 nitrogen and oxygen atoms in total. The average molecular weight is 464 g/mol. The Morgan fingerprint density at radius 3 is 2.20 bits per heavy atom. The fourth-order valence-electron chi connectivity index (χ4n) is 2.20. The highest BCUT2D eigenvalue weighted by Crippen LogP contribution is 2.23. The Hall–Kier alpha value is -3.34. The summed E-state index contributed by atoms with van der Waals surface area (Å²) >= 11 is 16.7. The molecular weight excluding hydrogens is 453 g/mol. The number of hydrogen-bond donors (Lipinski definition) is 2. The van der Waals surface area contributed by atoms with Crippen molar-refractivity contribution in [3.8, 4) is 11.8 Å². The van der Waals surface area contributed by atoms with Crippen LogP contribution in [0.25, 0.3) is 0 Å². The van der Waals surface area contributed by atoms with Gasteiger partial charge in [0.05, 0.1) is 4.92 Å². The first-order valence-corrected chi connectivity index (χ1v) is 9.31. The van der Waals surface area contributed by atoms with Crippen LogP contribution < -0.4 is 15.4 Å². The van der Waals surface area contributed by atoms with Crippen LogP contribution in [-0.2, 0) is 0 Å². The van der Waals surface area contributed by atoms with E-state index in [1.807, 2.05) is 0 Å². The third-order valence-corrected chi connectivity index (χ3v) is 4.12. The zero-order chi connectivity index (χ0) is 21.7. The molecule has 0 fully saturated rings. The second-order valence-corrected chi connectivity index (χ2v) is 6.82. The van der Waals surface area contributed by atoms with Gasteiger partial charge in [-0.25, -0.2) is 0 Å². The Balaban J connectivity index is 1.57. The van der Waals surface area contributed by atoms with Gasteiger partial charge in [0.1, 0.15) is 16.1 Å². The van der Waals surface area contributed by atoms with Crippen molar-refractivity contribution < 1.29 is 14.5 Å². The van der Waals surface area contributed by atoms with Gasteiger partial charge < -0.3 is 10.1 Å². The lowest BCUT2D eigenvalue weighted by molar-refractivity contribution is -0.384. The molecule has 0 atom stereocenters. The van der Waals surface area contributed by atoms with E-state index < -0.39 is 10.8 Å². The number of hydrogen-bond acceptors (Lipinski definition) is 7. The summed E-state index contributed by atoms with van der Waals surface area (Å²) in [5.41, 5.74) is 0.704. The summed E-state index contributed by atoms with van der Waals surface area (Å²) in [5, 5.41) is 16.4. The maximum Gasteiger partial charge on any atom is 0.324 e. The predicted molar refractivity (Wildman–Crippen MR) is 115 cm³/mol. The first-order valence-electron chi connectivity index (χ1n) is 8.15. The minimum atomic E-state index is -0.547. The quantitative estimate of drug-likeness (QED) is 0.243. The van der Waals surface area contributed by atoms with Gasteiger partial charge in [-0.15, -0.1) is 0 Å². The number of carbonyl (C=O) groups excluding carboxylic acids is 1. The highest BCUT2D eigenvalue weighted by atomic mass is 35.5. The highest BCUT2D eigenvalue weighted by Gasteiger charge is 2.11. The lowest BCUT2D eigenvalue weighted by atomic mass is 10.2. The Morgan fingerprint density at radius 2 is 1.63 bits per heavy atom. The summed E-state index contributed by atoms with van der Waals surface area (Å²) in [6.07, 6.45) is 0. The van der Waals surface area contributed by atoms with E-state index in [0.29, 0.717) is 11.4 Å². The highest BCUT2D eigenvalue weighted by molar-refractivity contribution is 7.80. The summed E-state index contributed by atoms with van der Waals surface area (Å²) in [4.78, 5) is 30.1. The fourth-order valence-corrected chi connectivity index (χ4v) is 2.82. The molecule has 30 heavy (non-hydrogen) atoms. The van der Waals surface area contributed by atoms with Crippen LogP contribution >= 0.6 is 35.4 Å². The third-order valence-electron chi connectivity index (χ3n) is 3.53. The molecule has 12 heteroatoms. The van der Waals surface area contributed by atoms with Gasteiger partial charge in [-0.1, -0.05) is 23.2 Å². The summed E-state index contributed by atoms with van der Waals surface area (Å²) in [6, 6.07) is 13.1. The monoisotopic (exact) mass is 463 g/mol. The van der Waals surface area contributed by atoms with Gasteiger partial charge in [0.2, 0.25) is 0 Å². The largest absolute Gasteiger partial charge is 0.424 e. The SMILES string of the molecule is O=C(NC(=S)Nc1ccc(Oc2nc(Cl)cc(Cl)n2)cc1)c1ccc([N+](=O)[O-])cc1. The number of nitrogens with zero attached hydrogens (tertiary/aromatic N) is 3. The molecule has 0 aliphatic rings. The standard InChI is InChI=1S/C18H11Cl2N5O4S/c19-14-9-15(20)23-17(22-14)29-13-7-3-11(4-8-13)21-18(30)24-16(26)10-1-5-12(6-2-10)25(27)28/h1-9H,(H2,21,24,26,30). The molecule has 0 aliphatic carbocycles. The van der Waals surface area contributed by atoms with Crippen LogP contribution in [0.3, 0.4) is 0 Å². The Morgan fingerprint density at radius 1 is 1.03 bits per heavy atom. The first kappa shape index (κ1) is 21.4. The number of nitro groups is 1. The van der Waals surface area contributed by atoms with Gasteiger partial charge in [0.25, 0.3) is 11.6 Å². The molecule has 2 aromatic carbocycles. The molecular formula is C18H11Cl2N5O4S. The van der Waals surface area contributed by atoms with Gasteiger partial charge in [0, 0.05) is 29.4 Å². The normalized spacial score (nSPS) is 10.2. The van der Waals surface area contributed by atoms with Crippen LogP contribution in [0.4, 0.5) is 11.4 Å². The molecule has 0 bridgehead atoms. The number of non-ortho nitro benzene ring substituents is 1. The number of aromatic nitrogens is 2. The molecule has 0 radical (unpaired) electrons. The van der Waals surface area contributed by atoms with Crippen molar-refractivity contribution in [2.45, 2.75) is 0 Å². The van der Waals surface area contributed by atoms with Crippen molar-refractivity contribution in [1.29, 1.82) is 0 Å². The van der Waals surface area contributed by atoms with Crippen LogP contribution in [0.2, 0.25) is 10.3 Å². The van der Waals surface area contributed by atoms with Gasteiger partial charge in [-0.2, -0.15) is 9.97 Å². The van der Waals surface area contributed by atoms with E-state index in [4.69, 9.17) is 40.2 Å². The number of anilines is 1. The van der Waals surface area contributed by atoms with Crippen molar-refractivity contribution in [3.63, 3.8) is 0 Å². The van der Waals surface area contributed by atoms with Crippen LogP contribution in [0.1, 0.15) is 10.4 Å². The zero-order valence-electron chi connectivity index (χ0n) is 14.8. The van der Waals surface area contributed by atoms with E-state index in [2.05, 4.69) is 20.6 Å². The molecule has 1 heterocycles. The lowest BCUT2D eigenvalue weighted by Gasteiger charge is -2.10. The first-order chi connectivity index (χ1) is 14.3. The molecule has 3 aromatic rings.